The molecule has 3 aromatic heterocycles. The summed E-state index contributed by atoms with van der Waals surface area (Å²) in [6.45, 7) is 3.34. The SMILES string of the molecule is Cc1ccc(Cl)c2sc(N(CCCn3ccnc3)C(=O)C=Cc3cccs3)nc12. The summed E-state index contributed by atoms with van der Waals surface area (Å²) in [6, 6.07) is 7.79. The second-order valence-corrected chi connectivity index (χ2v) is 8.90. The van der Waals surface area contributed by atoms with Crippen molar-refractivity contribution in [2.75, 3.05) is 11.4 Å². The Bertz CT molecular complexity index is 1090. The summed E-state index contributed by atoms with van der Waals surface area (Å²) in [5.41, 5.74) is 1.90. The van der Waals surface area contributed by atoms with Crippen molar-refractivity contribution < 1.29 is 4.79 Å². The van der Waals surface area contributed by atoms with Crippen molar-refractivity contribution in [3.8, 4) is 0 Å². The molecule has 0 fully saturated rings. The predicted molar refractivity (Wildman–Crippen MR) is 122 cm³/mol. The Balaban J connectivity index is 1.60. The van der Waals surface area contributed by atoms with Gasteiger partial charge in [0.2, 0.25) is 0 Å². The number of hydrogen-bond donors (Lipinski definition) is 0. The minimum atomic E-state index is -0.0862. The molecule has 4 aromatic rings. The molecule has 0 unspecified atom stereocenters. The molecule has 0 N–H and O–H groups in total. The lowest BCUT2D eigenvalue weighted by atomic mass is 10.2. The molecule has 1 aromatic carbocycles. The van der Waals surface area contributed by atoms with Crippen molar-refractivity contribution in [2.45, 2.75) is 19.9 Å². The summed E-state index contributed by atoms with van der Waals surface area (Å²) in [5, 5.41) is 3.32. The highest BCUT2D eigenvalue weighted by molar-refractivity contribution is 7.23. The molecule has 0 aliphatic carbocycles. The third-order valence-corrected chi connectivity index (χ3v) is 6.85. The number of carbonyl (C=O) groups is 1. The van der Waals surface area contributed by atoms with Gasteiger partial charge in [0.1, 0.15) is 0 Å². The van der Waals surface area contributed by atoms with E-state index in [4.69, 9.17) is 16.6 Å². The number of amides is 1. The molecule has 5 nitrogen and oxygen atoms in total. The molecule has 0 atom stereocenters. The Hall–Kier alpha value is -2.48. The topological polar surface area (TPSA) is 51.0 Å². The molecule has 3 heterocycles. The Morgan fingerprint density at radius 2 is 2.24 bits per heavy atom. The molecule has 4 rings (SSSR count). The highest BCUT2D eigenvalue weighted by Gasteiger charge is 2.19. The molecule has 0 saturated heterocycles. The second-order valence-electron chi connectivity index (χ2n) is 6.53. The molecule has 0 bridgehead atoms. The van der Waals surface area contributed by atoms with Crippen LogP contribution in [0.3, 0.4) is 0 Å². The van der Waals surface area contributed by atoms with Gasteiger partial charge in [-0.15, -0.1) is 11.3 Å². The summed E-state index contributed by atoms with van der Waals surface area (Å²) in [5.74, 6) is -0.0862. The third-order valence-electron chi connectivity index (χ3n) is 4.47. The maximum absolute atomic E-state index is 13.0. The van der Waals surface area contributed by atoms with Crippen LogP contribution in [0.2, 0.25) is 5.02 Å². The zero-order valence-corrected chi connectivity index (χ0v) is 18.2. The molecule has 8 heteroatoms. The molecule has 0 aliphatic heterocycles. The smallest absolute Gasteiger partial charge is 0.252 e. The van der Waals surface area contributed by atoms with Crippen LogP contribution in [0.25, 0.3) is 16.3 Å². The lowest BCUT2D eigenvalue weighted by Gasteiger charge is -2.18. The molecular weight excluding hydrogens is 424 g/mol. The molecule has 148 valence electrons. The van der Waals surface area contributed by atoms with E-state index < -0.39 is 0 Å². The van der Waals surface area contributed by atoms with Crippen LogP contribution < -0.4 is 4.90 Å². The molecule has 1 amide bonds. The predicted octanol–water partition coefficient (Wildman–Crippen LogP) is 5.65. The highest BCUT2D eigenvalue weighted by Crippen LogP contribution is 2.35. The fourth-order valence-corrected chi connectivity index (χ4v) is 4.93. The number of imidazole rings is 1. The van der Waals surface area contributed by atoms with Gasteiger partial charge in [0.05, 0.1) is 21.6 Å². The van der Waals surface area contributed by atoms with Crippen LogP contribution in [0.4, 0.5) is 5.13 Å². The van der Waals surface area contributed by atoms with E-state index in [2.05, 4.69) is 4.98 Å². The van der Waals surface area contributed by atoms with Crippen molar-refractivity contribution in [1.29, 1.82) is 0 Å². The van der Waals surface area contributed by atoms with Crippen LogP contribution in [0.1, 0.15) is 16.9 Å². The number of thiophene rings is 1. The van der Waals surface area contributed by atoms with Crippen molar-refractivity contribution >= 4 is 61.6 Å². The van der Waals surface area contributed by atoms with E-state index in [1.54, 1.807) is 34.8 Å². The monoisotopic (exact) mass is 442 g/mol. The first kappa shape index (κ1) is 19.8. The van der Waals surface area contributed by atoms with Crippen LogP contribution in [-0.4, -0.2) is 27.0 Å². The maximum Gasteiger partial charge on any atom is 0.252 e. The lowest BCUT2D eigenvalue weighted by Crippen LogP contribution is -2.30. The van der Waals surface area contributed by atoms with Gasteiger partial charge in [0.25, 0.3) is 5.91 Å². The first-order valence-electron chi connectivity index (χ1n) is 9.16. The van der Waals surface area contributed by atoms with E-state index in [1.807, 2.05) is 53.4 Å². The van der Waals surface area contributed by atoms with Crippen molar-refractivity contribution in [2.24, 2.45) is 0 Å². The van der Waals surface area contributed by atoms with Crippen LogP contribution in [0.15, 0.2) is 54.4 Å². The number of anilines is 1. The highest BCUT2D eigenvalue weighted by atomic mass is 35.5. The number of thiazole rings is 1. The van der Waals surface area contributed by atoms with Gasteiger partial charge < -0.3 is 4.57 Å². The van der Waals surface area contributed by atoms with Crippen molar-refractivity contribution in [3.05, 3.63) is 69.9 Å². The molecule has 0 aliphatic rings. The second kappa shape index (κ2) is 8.90. The maximum atomic E-state index is 13.0. The lowest BCUT2D eigenvalue weighted by molar-refractivity contribution is -0.114. The van der Waals surface area contributed by atoms with Crippen LogP contribution in [0.5, 0.6) is 0 Å². The molecular formula is C21H19ClN4OS2. The van der Waals surface area contributed by atoms with Crippen LogP contribution in [-0.2, 0) is 11.3 Å². The van der Waals surface area contributed by atoms with E-state index in [-0.39, 0.29) is 5.91 Å². The normalized spacial score (nSPS) is 11.5. The zero-order valence-electron chi connectivity index (χ0n) is 15.8. The molecule has 0 saturated carbocycles. The summed E-state index contributed by atoms with van der Waals surface area (Å²) < 4.78 is 2.92. The van der Waals surface area contributed by atoms with E-state index in [9.17, 15) is 4.79 Å². The number of benzene rings is 1. The van der Waals surface area contributed by atoms with Gasteiger partial charge in [0.15, 0.2) is 5.13 Å². The average Bonchev–Trinajstić information content (AvgIpc) is 3.47. The minimum absolute atomic E-state index is 0.0862. The Morgan fingerprint density at radius 1 is 1.34 bits per heavy atom. The molecule has 0 radical (unpaired) electrons. The number of fused-ring (bicyclic) bond motifs is 1. The number of rotatable bonds is 7. The summed E-state index contributed by atoms with van der Waals surface area (Å²) in [6.07, 6.45) is 9.71. The summed E-state index contributed by atoms with van der Waals surface area (Å²) in [7, 11) is 0. The standard InChI is InChI=1S/C21H19ClN4OS2/c1-15-5-7-17(22)20-19(15)24-21(29-20)26(11-3-10-25-12-9-23-14-25)18(27)8-6-16-4-2-13-28-16/h2,4-9,12-14H,3,10-11H2,1H3. The van der Waals surface area contributed by atoms with Crippen LogP contribution in [0, 0.1) is 6.92 Å². The first-order chi connectivity index (χ1) is 14.1. The van der Waals surface area contributed by atoms with Crippen LogP contribution >= 0.6 is 34.3 Å². The van der Waals surface area contributed by atoms with Gasteiger partial charge >= 0.3 is 0 Å². The quantitative estimate of drug-likeness (QED) is 0.347. The Morgan fingerprint density at radius 3 is 2.97 bits per heavy atom. The van der Waals surface area contributed by atoms with Gasteiger partial charge in [-0.3, -0.25) is 9.69 Å². The van der Waals surface area contributed by atoms with Gasteiger partial charge in [0, 0.05) is 36.4 Å². The average molecular weight is 443 g/mol. The number of hydrogen-bond acceptors (Lipinski definition) is 5. The number of halogens is 1. The molecule has 29 heavy (non-hydrogen) atoms. The van der Waals surface area contributed by atoms with Gasteiger partial charge in [-0.1, -0.05) is 35.1 Å². The summed E-state index contributed by atoms with van der Waals surface area (Å²) >= 11 is 9.43. The number of carbonyl (C=O) groups excluding carboxylic acids is 1. The van der Waals surface area contributed by atoms with Crippen molar-refractivity contribution in [3.63, 3.8) is 0 Å². The Kier molecular flexibility index (Phi) is 6.08. The van der Waals surface area contributed by atoms with Gasteiger partial charge in [-0.25, -0.2) is 9.97 Å². The van der Waals surface area contributed by atoms with Gasteiger partial charge in [-0.05, 0) is 42.5 Å². The molecule has 0 spiro atoms. The van der Waals surface area contributed by atoms with Crippen molar-refractivity contribution in [1.82, 2.24) is 14.5 Å². The van der Waals surface area contributed by atoms with E-state index in [1.165, 1.54) is 11.3 Å². The third kappa shape index (κ3) is 4.58. The minimum Gasteiger partial charge on any atom is -0.337 e. The van der Waals surface area contributed by atoms with E-state index in [0.29, 0.717) is 16.7 Å². The fourth-order valence-electron chi connectivity index (χ4n) is 2.97. The van der Waals surface area contributed by atoms with Gasteiger partial charge in [-0.2, -0.15) is 0 Å². The fraction of sp³-hybridized carbons (Fsp3) is 0.190. The van der Waals surface area contributed by atoms with E-state index >= 15 is 0 Å². The zero-order chi connectivity index (χ0) is 20.2. The summed E-state index contributed by atoms with van der Waals surface area (Å²) in [4.78, 5) is 24.6. The number of nitrogens with zero attached hydrogens (tertiary/aromatic N) is 4. The first-order valence-corrected chi connectivity index (χ1v) is 11.2. The number of aryl methyl sites for hydroxylation is 2. The Labute approximate surface area is 181 Å². The van der Waals surface area contributed by atoms with E-state index in [0.717, 1.165) is 33.6 Å². The number of aromatic nitrogens is 3. The largest absolute Gasteiger partial charge is 0.337 e.